The molecule has 0 saturated heterocycles. The zero-order chi connectivity index (χ0) is 18.1. The molecule has 3 nitrogen and oxygen atoms in total. The molecule has 0 N–H and O–H groups in total. The summed E-state index contributed by atoms with van der Waals surface area (Å²) in [6.45, 7) is 1.45. The Morgan fingerprint density at radius 1 is 0.880 bits per heavy atom. The Morgan fingerprint density at radius 2 is 1.36 bits per heavy atom. The summed E-state index contributed by atoms with van der Waals surface area (Å²) >= 11 is 3.51. The van der Waals surface area contributed by atoms with E-state index in [1.54, 1.807) is 23.5 Å². The van der Waals surface area contributed by atoms with Gasteiger partial charge in [0.1, 0.15) is 11.7 Å². The normalized spacial score (nSPS) is 12.0. The van der Waals surface area contributed by atoms with Gasteiger partial charge in [0.05, 0.1) is 11.7 Å². The predicted octanol–water partition coefficient (Wildman–Crippen LogP) is 5.06. The van der Waals surface area contributed by atoms with E-state index in [9.17, 15) is 9.59 Å². The number of rotatable bonds is 9. The van der Waals surface area contributed by atoms with Crippen LogP contribution in [0.5, 0.6) is 0 Å². The van der Waals surface area contributed by atoms with E-state index in [0.29, 0.717) is 6.42 Å². The topological polar surface area (TPSA) is 43.4 Å². The highest BCUT2D eigenvalue weighted by molar-refractivity contribution is 8.17. The van der Waals surface area contributed by atoms with E-state index in [4.69, 9.17) is 4.74 Å². The van der Waals surface area contributed by atoms with Crippen molar-refractivity contribution in [1.82, 2.24) is 0 Å². The Kier molecular flexibility index (Phi) is 8.09. The van der Waals surface area contributed by atoms with Gasteiger partial charge in [-0.3, -0.25) is 9.59 Å². The maximum Gasteiger partial charge on any atom is 0.316 e. The van der Waals surface area contributed by atoms with Crippen LogP contribution in [-0.2, 0) is 14.3 Å². The first-order valence-electron chi connectivity index (χ1n) is 8.12. The molecule has 0 aliphatic rings. The summed E-state index contributed by atoms with van der Waals surface area (Å²) in [5.41, 5.74) is 0. The second-order valence-electron chi connectivity index (χ2n) is 5.56. The van der Waals surface area contributed by atoms with Crippen molar-refractivity contribution in [2.75, 3.05) is 7.11 Å². The molecule has 0 fully saturated rings. The van der Waals surface area contributed by atoms with Gasteiger partial charge in [-0.1, -0.05) is 36.4 Å². The first-order valence-corrected chi connectivity index (χ1v) is 9.87. The van der Waals surface area contributed by atoms with Gasteiger partial charge in [-0.05, 0) is 44.0 Å². The zero-order valence-corrected chi connectivity index (χ0v) is 16.0. The van der Waals surface area contributed by atoms with Gasteiger partial charge in [0.15, 0.2) is 0 Å². The lowest BCUT2D eigenvalue weighted by Crippen LogP contribution is -2.24. The molecule has 0 radical (unpaired) electrons. The van der Waals surface area contributed by atoms with E-state index in [2.05, 4.69) is 24.3 Å². The quantitative estimate of drug-likeness (QED) is 0.266. The van der Waals surface area contributed by atoms with Crippen molar-refractivity contribution >= 4 is 35.3 Å². The summed E-state index contributed by atoms with van der Waals surface area (Å²) in [6, 6.07) is 20.3. The van der Waals surface area contributed by atoms with Gasteiger partial charge in [0, 0.05) is 9.79 Å². The molecule has 0 aliphatic carbocycles. The van der Waals surface area contributed by atoms with E-state index < -0.39 is 11.9 Å². The smallest absolute Gasteiger partial charge is 0.316 e. The number of hydrogen-bond acceptors (Lipinski definition) is 5. The van der Waals surface area contributed by atoms with Crippen LogP contribution in [0.4, 0.5) is 0 Å². The van der Waals surface area contributed by atoms with Gasteiger partial charge in [-0.25, -0.2) is 0 Å². The van der Waals surface area contributed by atoms with E-state index in [1.807, 2.05) is 36.4 Å². The second kappa shape index (κ2) is 10.3. The molecule has 0 spiro atoms. The van der Waals surface area contributed by atoms with Crippen molar-refractivity contribution in [2.45, 2.75) is 34.1 Å². The van der Waals surface area contributed by atoms with Crippen molar-refractivity contribution in [1.29, 1.82) is 0 Å². The van der Waals surface area contributed by atoms with Crippen LogP contribution in [0.1, 0.15) is 19.8 Å². The molecule has 0 bridgehead atoms. The van der Waals surface area contributed by atoms with E-state index >= 15 is 0 Å². The largest absolute Gasteiger partial charge is 0.468 e. The summed E-state index contributed by atoms with van der Waals surface area (Å²) in [4.78, 5) is 25.9. The van der Waals surface area contributed by atoms with Gasteiger partial charge < -0.3 is 4.74 Å². The minimum atomic E-state index is -0.680. The number of methoxy groups -OCH3 is 1. The fourth-order valence-electron chi connectivity index (χ4n) is 2.38. The van der Waals surface area contributed by atoms with Gasteiger partial charge in [-0.15, -0.1) is 23.5 Å². The van der Waals surface area contributed by atoms with E-state index in [0.717, 1.165) is 6.42 Å². The number of esters is 1. The molecular formula is C20H22O3S2. The van der Waals surface area contributed by atoms with Gasteiger partial charge >= 0.3 is 5.97 Å². The number of hydrogen-bond donors (Lipinski definition) is 0. The molecule has 0 amide bonds. The van der Waals surface area contributed by atoms with Crippen LogP contribution in [-0.4, -0.2) is 23.4 Å². The molecule has 0 heterocycles. The number of ketones is 1. The summed E-state index contributed by atoms with van der Waals surface area (Å²) in [6.07, 6.45) is 1.23. The molecule has 132 valence electrons. The predicted molar refractivity (Wildman–Crippen MR) is 104 cm³/mol. The average molecular weight is 375 g/mol. The van der Waals surface area contributed by atoms with Crippen LogP contribution in [0.2, 0.25) is 0 Å². The minimum Gasteiger partial charge on any atom is -0.468 e. The molecule has 0 aromatic heterocycles. The third-order valence-electron chi connectivity index (χ3n) is 3.69. The molecule has 0 saturated carbocycles. The van der Waals surface area contributed by atoms with Crippen molar-refractivity contribution in [3.8, 4) is 0 Å². The highest BCUT2D eigenvalue weighted by Crippen LogP contribution is 2.38. The van der Waals surface area contributed by atoms with Crippen molar-refractivity contribution < 1.29 is 14.3 Å². The molecule has 2 rings (SSSR count). The minimum absolute atomic E-state index is 0.139. The third-order valence-corrected chi connectivity index (χ3v) is 6.35. The van der Waals surface area contributed by atoms with Crippen molar-refractivity contribution in [2.24, 2.45) is 5.92 Å². The first-order chi connectivity index (χ1) is 12.1. The molecule has 1 unspecified atom stereocenters. The fraction of sp³-hybridized carbons (Fsp3) is 0.300. The van der Waals surface area contributed by atoms with Crippen molar-refractivity contribution in [3.63, 3.8) is 0 Å². The fourth-order valence-corrected chi connectivity index (χ4v) is 4.98. The van der Waals surface area contributed by atoms with Crippen LogP contribution in [0.3, 0.4) is 0 Å². The molecule has 2 aromatic carbocycles. The lowest BCUT2D eigenvalue weighted by atomic mass is 10.00. The van der Waals surface area contributed by atoms with Crippen LogP contribution in [0.15, 0.2) is 70.5 Å². The van der Waals surface area contributed by atoms with Crippen LogP contribution in [0.25, 0.3) is 0 Å². The Bertz CT molecular complexity index is 632. The lowest BCUT2D eigenvalue weighted by molar-refractivity contribution is -0.149. The Hall–Kier alpha value is -1.72. The number of carbonyl (C=O) groups excluding carboxylic acids is 2. The highest BCUT2D eigenvalue weighted by Gasteiger charge is 2.26. The summed E-state index contributed by atoms with van der Waals surface area (Å²) in [5, 5.41) is 0. The van der Waals surface area contributed by atoms with Crippen LogP contribution in [0, 0.1) is 5.92 Å². The highest BCUT2D eigenvalue weighted by atomic mass is 32.2. The molecule has 1 atom stereocenters. The number of ether oxygens (including phenoxy) is 1. The van der Waals surface area contributed by atoms with Crippen LogP contribution >= 0.6 is 23.5 Å². The van der Waals surface area contributed by atoms with Gasteiger partial charge in [-0.2, -0.15) is 0 Å². The summed E-state index contributed by atoms with van der Waals surface area (Å²) in [5.74, 6) is -1.26. The second-order valence-corrected chi connectivity index (χ2v) is 8.41. The standard InChI is InChI=1S/C20H22O3S2/c1-15(21)18(20(22)23-2)13-14-19(24-16-9-5-3-6-10-16)25-17-11-7-4-8-12-17/h3-12,18-19H,13-14H2,1-2H3. The SMILES string of the molecule is COC(=O)C(CCC(Sc1ccccc1)Sc1ccccc1)C(C)=O. The molecule has 0 aliphatic heterocycles. The Labute approximate surface area is 157 Å². The maximum absolute atomic E-state index is 11.8. The Morgan fingerprint density at radius 3 is 1.76 bits per heavy atom. The van der Waals surface area contributed by atoms with Gasteiger partial charge in [0.2, 0.25) is 0 Å². The number of Topliss-reactive ketones (excluding diaryl/α,β-unsaturated/α-hetero) is 1. The number of benzene rings is 2. The Balaban J connectivity index is 2.07. The van der Waals surface area contributed by atoms with E-state index in [-0.39, 0.29) is 10.4 Å². The average Bonchev–Trinajstić information content (AvgIpc) is 2.63. The van der Waals surface area contributed by atoms with Crippen LogP contribution < -0.4 is 0 Å². The summed E-state index contributed by atoms with van der Waals surface area (Å²) < 4.78 is 4.97. The third kappa shape index (κ3) is 6.59. The first kappa shape index (κ1) is 19.6. The molecule has 2 aromatic rings. The molecule has 5 heteroatoms. The van der Waals surface area contributed by atoms with E-state index in [1.165, 1.54) is 23.8 Å². The van der Waals surface area contributed by atoms with Crippen molar-refractivity contribution in [3.05, 3.63) is 60.7 Å². The zero-order valence-electron chi connectivity index (χ0n) is 14.4. The number of carbonyl (C=O) groups is 2. The summed E-state index contributed by atoms with van der Waals surface area (Å²) in [7, 11) is 1.33. The van der Waals surface area contributed by atoms with Gasteiger partial charge in [0.25, 0.3) is 0 Å². The maximum atomic E-state index is 11.8. The molecule has 25 heavy (non-hydrogen) atoms. The molecular weight excluding hydrogens is 352 g/mol. The number of thioether (sulfide) groups is 2. The monoisotopic (exact) mass is 374 g/mol. The lowest BCUT2D eigenvalue weighted by Gasteiger charge is -2.18.